The van der Waals surface area contributed by atoms with Gasteiger partial charge in [0.2, 0.25) is 11.8 Å². The molecule has 2 spiro atoms. The third kappa shape index (κ3) is 6.80. The van der Waals surface area contributed by atoms with Gasteiger partial charge < -0.3 is 39.9 Å². The largest absolute Gasteiger partial charge is 0.453 e. The maximum absolute atomic E-state index is 13.4. The Morgan fingerprint density at radius 3 is 1.33 bits per heavy atom. The van der Waals surface area contributed by atoms with Crippen molar-refractivity contribution < 1.29 is 28.7 Å². The number of alkyl carbamates (subject to hydrolysis) is 2. The van der Waals surface area contributed by atoms with Gasteiger partial charge in [0.1, 0.15) is 23.7 Å². The molecule has 282 valence electrons. The van der Waals surface area contributed by atoms with Crippen molar-refractivity contribution in [3.8, 4) is 33.6 Å². The van der Waals surface area contributed by atoms with Gasteiger partial charge in [0.05, 0.1) is 50.1 Å². The zero-order valence-electron chi connectivity index (χ0n) is 31.0. The minimum Gasteiger partial charge on any atom is -0.453 e. The zero-order valence-corrected chi connectivity index (χ0v) is 31.0. The summed E-state index contributed by atoms with van der Waals surface area (Å²) in [4.78, 5) is 70.4. The van der Waals surface area contributed by atoms with Gasteiger partial charge in [0, 0.05) is 13.1 Å². The molecule has 0 unspecified atom stereocenters. The number of rotatable bonds is 9. The number of likely N-dealkylation sites (tertiary alicyclic amines) is 2. The Balaban J connectivity index is 0.933. The number of hydrogen-bond acceptors (Lipinski definition) is 8. The molecular weight excluding hydrogens is 688 g/mol. The predicted molar refractivity (Wildman–Crippen MR) is 199 cm³/mol. The number of methoxy groups -OCH3 is 2. The molecule has 2 aromatic heterocycles. The van der Waals surface area contributed by atoms with E-state index in [0.29, 0.717) is 13.1 Å². The van der Waals surface area contributed by atoms with E-state index in [1.807, 2.05) is 22.2 Å². The summed E-state index contributed by atoms with van der Waals surface area (Å²) in [6.45, 7) is 4.68. The maximum Gasteiger partial charge on any atom is 0.407 e. The number of aromatic amines is 2. The highest BCUT2D eigenvalue weighted by Gasteiger charge is 2.56. The summed E-state index contributed by atoms with van der Waals surface area (Å²) in [6.07, 6.45) is 8.43. The van der Waals surface area contributed by atoms with Gasteiger partial charge in [0.25, 0.3) is 0 Å². The predicted octanol–water partition coefficient (Wildman–Crippen LogP) is 5.73. The molecule has 2 aromatic carbocycles. The molecule has 54 heavy (non-hydrogen) atoms. The van der Waals surface area contributed by atoms with Gasteiger partial charge >= 0.3 is 12.2 Å². The van der Waals surface area contributed by atoms with Crippen LogP contribution in [0.2, 0.25) is 0 Å². The van der Waals surface area contributed by atoms with E-state index in [4.69, 9.17) is 19.4 Å². The van der Waals surface area contributed by atoms with Crippen LogP contribution < -0.4 is 10.6 Å². The smallest absolute Gasteiger partial charge is 0.407 e. The lowest BCUT2D eigenvalue weighted by molar-refractivity contribution is -0.134. The van der Waals surface area contributed by atoms with Crippen LogP contribution in [0, 0.1) is 10.8 Å². The Hall–Kier alpha value is -5.66. The van der Waals surface area contributed by atoms with E-state index in [2.05, 4.69) is 69.1 Å². The molecule has 0 bridgehead atoms. The summed E-state index contributed by atoms with van der Waals surface area (Å²) in [7, 11) is 2.57. The van der Waals surface area contributed by atoms with E-state index < -0.39 is 24.3 Å². The first-order chi connectivity index (χ1) is 26.0. The standard InChI is InChI=1S/C40H46N8O6/c1-23(43-37(51)53-3)35(49)47-21-39(13-14-39)17-31(47)33-41-19-29(45-33)27-9-5-25(6-10-27)26-7-11-28(12-8-26)30-20-42-34(46-30)32-18-40(15-16-40)22-48(32)36(50)24(2)44-38(52)54-4/h5-12,19-20,23-24,31-32H,13-18,21-22H2,1-4H3,(H,41,45)(H,42,46)(H,43,51)(H,44,52)/t23-,24-,31-,32-/m0/s1. The molecule has 4 N–H and O–H groups in total. The summed E-state index contributed by atoms with van der Waals surface area (Å²) in [5.41, 5.74) is 6.12. The highest BCUT2D eigenvalue weighted by molar-refractivity contribution is 5.87. The van der Waals surface area contributed by atoms with Gasteiger partial charge in [-0.15, -0.1) is 0 Å². The van der Waals surface area contributed by atoms with Crippen LogP contribution in [0.4, 0.5) is 9.59 Å². The van der Waals surface area contributed by atoms with Crippen molar-refractivity contribution in [3.05, 3.63) is 72.6 Å². The fourth-order valence-electron chi connectivity index (χ4n) is 8.22. The van der Waals surface area contributed by atoms with Crippen LogP contribution in [-0.4, -0.2) is 93.1 Å². The molecule has 4 aliphatic rings. The summed E-state index contributed by atoms with van der Waals surface area (Å²) in [5.74, 6) is 1.21. The summed E-state index contributed by atoms with van der Waals surface area (Å²) in [5, 5.41) is 5.21. The Bertz CT molecular complexity index is 1920. The molecule has 4 fully saturated rings. The second-order valence-electron chi connectivity index (χ2n) is 15.6. The number of carbonyl (C=O) groups is 4. The van der Waals surface area contributed by atoms with E-state index in [1.54, 1.807) is 13.8 Å². The quantitative estimate of drug-likeness (QED) is 0.169. The Morgan fingerprint density at radius 2 is 1.00 bits per heavy atom. The van der Waals surface area contributed by atoms with E-state index in [0.717, 1.165) is 83.8 Å². The first-order valence-corrected chi connectivity index (χ1v) is 18.6. The minimum atomic E-state index is -0.704. The van der Waals surface area contributed by atoms with Crippen molar-refractivity contribution in [2.24, 2.45) is 10.8 Å². The SMILES string of the molecule is COC(=O)N[C@@H](C)C(=O)N1CC2(CC2)C[C@H]1c1ncc(-c2ccc(-c3ccc(-c4cnc([C@@H]5CC6(CC6)CN5C(=O)[C@H](C)NC(=O)OC)[nH]4)cc3)cc2)[nH]1. The average molecular weight is 735 g/mol. The first kappa shape index (κ1) is 35.4. The zero-order chi connectivity index (χ0) is 37.8. The van der Waals surface area contributed by atoms with E-state index in [1.165, 1.54) is 14.2 Å². The van der Waals surface area contributed by atoms with Gasteiger partial charge in [-0.2, -0.15) is 0 Å². The van der Waals surface area contributed by atoms with Crippen molar-refractivity contribution in [2.45, 2.75) is 76.5 Å². The van der Waals surface area contributed by atoms with Crippen LogP contribution in [0.25, 0.3) is 33.6 Å². The number of amides is 4. The fraction of sp³-hybridized carbons (Fsp3) is 0.450. The van der Waals surface area contributed by atoms with Crippen molar-refractivity contribution >= 4 is 24.0 Å². The van der Waals surface area contributed by atoms with Crippen molar-refractivity contribution in [1.82, 2.24) is 40.4 Å². The van der Waals surface area contributed by atoms with Crippen LogP contribution in [0.3, 0.4) is 0 Å². The second kappa shape index (κ2) is 13.6. The van der Waals surface area contributed by atoms with Gasteiger partial charge in [-0.25, -0.2) is 19.6 Å². The van der Waals surface area contributed by atoms with Crippen molar-refractivity contribution in [1.29, 1.82) is 0 Å². The van der Waals surface area contributed by atoms with Gasteiger partial charge in [-0.3, -0.25) is 9.59 Å². The normalized spacial score (nSPS) is 21.5. The Kier molecular flexibility index (Phi) is 8.93. The molecule has 14 heteroatoms. The molecule has 0 radical (unpaired) electrons. The highest BCUT2D eigenvalue weighted by Crippen LogP contribution is 2.59. The lowest BCUT2D eigenvalue weighted by Gasteiger charge is -2.26. The lowest BCUT2D eigenvalue weighted by atomic mass is 10.0. The molecule has 2 saturated heterocycles. The number of imidazole rings is 2. The maximum atomic E-state index is 13.4. The van der Waals surface area contributed by atoms with Crippen LogP contribution in [0.1, 0.15) is 76.1 Å². The second-order valence-corrected chi connectivity index (χ2v) is 15.6. The van der Waals surface area contributed by atoms with Crippen LogP contribution >= 0.6 is 0 Å². The van der Waals surface area contributed by atoms with Crippen molar-refractivity contribution in [3.63, 3.8) is 0 Å². The summed E-state index contributed by atoms with van der Waals surface area (Å²) >= 11 is 0. The summed E-state index contributed by atoms with van der Waals surface area (Å²) in [6, 6.07) is 14.8. The van der Waals surface area contributed by atoms with E-state index in [-0.39, 0.29) is 34.7 Å². The monoisotopic (exact) mass is 734 g/mol. The number of nitrogens with zero attached hydrogens (tertiary/aromatic N) is 4. The fourth-order valence-corrected chi connectivity index (χ4v) is 8.22. The number of H-pyrrole nitrogens is 2. The van der Waals surface area contributed by atoms with Crippen LogP contribution in [-0.2, 0) is 19.1 Å². The molecule has 2 aliphatic carbocycles. The van der Waals surface area contributed by atoms with Gasteiger partial charge in [-0.05, 0) is 85.5 Å². The van der Waals surface area contributed by atoms with Crippen molar-refractivity contribution in [2.75, 3.05) is 27.3 Å². The van der Waals surface area contributed by atoms with E-state index >= 15 is 0 Å². The number of nitrogens with one attached hydrogen (secondary N) is 4. The van der Waals surface area contributed by atoms with Crippen LogP contribution in [0.15, 0.2) is 60.9 Å². The molecule has 4 amide bonds. The van der Waals surface area contributed by atoms with Crippen LogP contribution in [0.5, 0.6) is 0 Å². The highest BCUT2D eigenvalue weighted by atomic mass is 16.5. The molecule has 4 aromatic rings. The van der Waals surface area contributed by atoms with Gasteiger partial charge in [0.15, 0.2) is 0 Å². The van der Waals surface area contributed by atoms with Gasteiger partial charge in [-0.1, -0.05) is 48.5 Å². The summed E-state index contributed by atoms with van der Waals surface area (Å²) < 4.78 is 9.39. The number of carbonyl (C=O) groups excluding carboxylic acids is 4. The third-order valence-corrected chi connectivity index (χ3v) is 11.8. The molecular formula is C40H46N8O6. The Morgan fingerprint density at radius 1 is 0.648 bits per heavy atom. The molecule has 4 heterocycles. The number of ether oxygens (including phenoxy) is 2. The topological polar surface area (TPSA) is 175 Å². The first-order valence-electron chi connectivity index (χ1n) is 18.6. The molecule has 2 saturated carbocycles. The number of benzene rings is 2. The lowest BCUT2D eigenvalue weighted by Crippen LogP contribution is -2.47. The number of hydrogen-bond donors (Lipinski definition) is 4. The molecule has 8 rings (SSSR count). The van der Waals surface area contributed by atoms with E-state index in [9.17, 15) is 19.2 Å². The molecule has 14 nitrogen and oxygen atoms in total. The average Bonchev–Trinajstić information content (AvgIpc) is 3.76. The minimum absolute atomic E-state index is 0.136. The molecule has 4 atom stereocenters. The molecule has 2 aliphatic heterocycles. The number of aromatic nitrogens is 4. The third-order valence-electron chi connectivity index (χ3n) is 11.8. The Labute approximate surface area is 313 Å².